The van der Waals surface area contributed by atoms with Gasteiger partial charge in [0.15, 0.2) is 0 Å². The molecule has 0 aliphatic rings. The molecule has 0 aliphatic heterocycles. The van der Waals surface area contributed by atoms with Gasteiger partial charge in [-0.1, -0.05) is 27.7 Å². The molecule has 0 heterocycles. The normalized spacial score (nSPS) is 13.4. The van der Waals surface area contributed by atoms with Crippen molar-refractivity contribution >= 4 is 8.72 Å². The number of nitrogens with zero attached hydrogens (tertiary/aromatic N) is 4. The zero-order valence-corrected chi connectivity index (χ0v) is 14.1. The summed E-state index contributed by atoms with van der Waals surface area (Å²) in [5.41, 5.74) is 0. The Morgan fingerprint density at radius 1 is 0.529 bits per heavy atom. The monoisotopic (exact) mass is 260 g/mol. The quantitative estimate of drug-likeness (QED) is 0.609. The van der Waals surface area contributed by atoms with E-state index in [1.165, 1.54) is 0 Å². The number of rotatable bonds is 8. The highest BCUT2D eigenvalue weighted by molar-refractivity contribution is 6.68. The molecule has 0 amide bonds. The molecule has 4 nitrogen and oxygen atoms in total. The first-order valence-corrected chi connectivity index (χ1v) is 8.57. The van der Waals surface area contributed by atoms with Gasteiger partial charge in [0.25, 0.3) is 0 Å². The third kappa shape index (κ3) is 3.09. The third-order valence-corrected chi connectivity index (χ3v) is 9.31. The Balaban J connectivity index is 5.51. The molecular formula is C12H32N4Si. The summed E-state index contributed by atoms with van der Waals surface area (Å²) in [4.78, 5) is 0. The molecule has 0 aromatic rings. The van der Waals surface area contributed by atoms with Crippen LogP contribution in [0.3, 0.4) is 0 Å². The summed E-state index contributed by atoms with van der Waals surface area (Å²) in [6.07, 6.45) is 0. The van der Waals surface area contributed by atoms with E-state index in [0.717, 1.165) is 26.2 Å². The molecule has 0 atom stereocenters. The van der Waals surface area contributed by atoms with Gasteiger partial charge in [0.2, 0.25) is 0 Å². The molecule has 0 aromatic carbocycles. The van der Waals surface area contributed by atoms with E-state index >= 15 is 0 Å². The molecule has 5 heteroatoms. The molecular weight excluding hydrogens is 228 g/mol. The van der Waals surface area contributed by atoms with Crippen LogP contribution in [-0.2, 0) is 0 Å². The standard InChI is InChI=1S/C12H32N4Si/c1-9-13(5)17(14(6)10-2,15(7)11-3)16(8)12-4/h9-12H2,1-8H3. The Hall–Kier alpha value is 0.0569. The van der Waals surface area contributed by atoms with Gasteiger partial charge in [-0.15, -0.1) is 0 Å². The van der Waals surface area contributed by atoms with Gasteiger partial charge in [0, 0.05) is 0 Å². The van der Waals surface area contributed by atoms with Crippen LogP contribution in [0.25, 0.3) is 0 Å². The van der Waals surface area contributed by atoms with Crippen LogP contribution < -0.4 is 0 Å². The molecule has 104 valence electrons. The minimum atomic E-state index is -1.88. The molecule has 0 fully saturated rings. The van der Waals surface area contributed by atoms with Crippen LogP contribution in [0.5, 0.6) is 0 Å². The van der Waals surface area contributed by atoms with Crippen LogP contribution in [0.4, 0.5) is 0 Å². The Bertz CT molecular complexity index is 167. The van der Waals surface area contributed by atoms with Crippen molar-refractivity contribution in [3.8, 4) is 0 Å². The lowest BCUT2D eigenvalue weighted by atomic mass is 10.8. The van der Waals surface area contributed by atoms with Crippen LogP contribution >= 0.6 is 0 Å². The molecule has 0 bridgehead atoms. The van der Waals surface area contributed by atoms with Crippen molar-refractivity contribution in [2.45, 2.75) is 27.7 Å². The third-order valence-electron chi connectivity index (χ3n) is 3.95. The van der Waals surface area contributed by atoms with Crippen molar-refractivity contribution in [3.05, 3.63) is 0 Å². The Morgan fingerprint density at radius 3 is 0.824 bits per heavy atom. The van der Waals surface area contributed by atoms with Gasteiger partial charge < -0.3 is 0 Å². The highest BCUT2D eigenvalue weighted by Crippen LogP contribution is 2.19. The van der Waals surface area contributed by atoms with Crippen molar-refractivity contribution in [3.63, 3.8) is 0 Å². The molecule has 0 N–H and O–H groups in total. The number of hydrogen-bond donors (Lipinski definition) is 0. The van der Waals surface area contributed by atoms with E-state index in [2.05, 4.69) is 74.1 Å². The Kier molecular flexibility index (Phi) is 7.51. The van der Waals surface area contributed by atoms with Crippen LogP contribution in [0.2, 0.25) is 0 Å². The maximum atomic E-state index is 2.55. The molecule has 0 saturated carbocycles. The zero-order chi connectivity index (χ0) is 13.6. The fraction of sp³-hybridized carbons (Fsp3) is 1.00. The summed E-state index contributed by atoms with van der Waals surface area (Å²) in [6, 6.07) is 0. The Labute approximate surface area is 109 Å². The minimum Gasteiger partial charge on any atom is -0.290 e. The van der Waals surface area contributed by atoms with Crippen LogP contribution in [-0.4, -0.2) is 81.4 Å². The SMILES string of the molecule is CCN(C)[Si](N(C)CC)(N(C)CC)N(C)CC. The van der Waals surface area contributed by atoms with Gasteiger partial charge in [-0.2, -0.15) is 0 Å². The summed E-state index contributed by atoms with van der Waals surface area (Å²) >= 11 is 0. The fourth-order valence-corrected chi connectivity index (χ4v) is 7.79. The Morgan fingerprint density at radius 2 is 0.706 bits per heavy atom. The van der Waals surface area contributed by atoms with Gasteiger partial charge in [0.05, 0.1) is 0 Å². The number of hydrogen-bond acceptors (Lipinski definition) is 4. The average molecular weight is 261 g/mol. The van der Waals surface area contributed by atoms with Crippen LogP contribution in [0.1, 0.15) is 27.7 Å². The van der Waals surface area contributed by atoms with Crippen molar-refractivity contribution in [1.29, 1.82) is 0 Å². The first-order valence-electron chi connectivity index (χ1n) is 6.78. The second-order valence-corrected chi connectivity index (χ2v) is 8.91. The first-order chi connectivity index (χ1) is 7.93. The summed E-state index contributed by atoms with van der Waals surface area (Å²) in [6.45, 7) is 13.3. The second kappa shape index (κ2) is 7.48. The minimum absolute atomic E-state index is 1.09. The lowest BCUT2D eigenvalue weighted by Gasteiger charge is -2.53. The van der Waals surface area contributed by atoms with E-state index in [9.17, 15) is 0 Å². The van der Waals surface area contributed by atoms with E-state index < -0.39 is 8.72 Å². The molecule has 0 unspecified atom stereocenters. The van der Waals surface area contributed by atoms with Gasteiger partial charge in [0.1, 0.15) is 0 Å². The van der Waals surface area contributed by atoms with E-state index in [1.54, 1.807) is 0 Å². The summed E-state index contributed by atoms with van der Waals surface area (Å²) in [7, 11) is 7.17. The van der Waals surface area contributed by atoms with Crippen molar-refractivity contribution < 1.29 is 0 Å². The van der Waals surface area contributed by atoms with Crippen molar-refractivity contribution in [1.82, 2.24) is 18.3 Å². The maximum absolute atomic E-state index is 2.55. The largest absolute Gasteiger partial charge is 0.376 e. The highest BCUT2D eigenvalue weighted by Gasteiger charge is 2.49. The molecule has 0 radical (unpaired) electrons. The summed E-state index contributed by atoms with van der Waals surface area (Å²) < 4.78 is 10.2. The van der Waals surface area contributed by atoms with E-state index in [4.69, 9.17) is 0 Å². The molecule has 0 saturated heterocycles. The highest BCUT2D eigenvalue weighted by atomic mass is 28.4. The smallest absolute Gasteiger partial charge is 0.290 e. The fourth-order valence-electron chi connectivity index (χ4n) is 2.60. The van der Waals surface area contributed by atoms with Gasteiger partial charge >= 0.3 is 8.72 Å². The van der Waals surface area contributed by atoms with E-state index in [-0.39, 0.29) is 0 Å². The van der Waals surface area contributed by atoms with Crippen molar-refractivity contribution in [2.75, 3.05) is 54.4 Å². The summed E-state index contributed by atoms with van der Waals surface area (Å²) in [5, 5.41) is 0. The van der Waals surface area contributed by atoms with Crippen LogP contribution in [0.15, 0.2) is 0 Å². The topological polar surface area (TPSA) is 13.0 Å². The molecule has 0 spiro atoms. The van der Waals surface area contributed by atoms with Gasteiger partial charge in [-0.3, -0.25) is 18.3 Å². The molecule has 17 heavy (non-hydrogen) atoms. The predicted molar refractivity (Wildman–Crippen MR) is 79.0 cm³/mol. The predicted octanol–water partition coefficient (Wildman–Crippen LogP) is 1.23. The molecule has 0 aliphatic carbocycles. The van der Waals surface area contributed by atoms with E-state index in [1.807, 2.05) is 0 Å². The van der Waals surface area contributed by atoms with Gasteiger partial charge in [-0.05, 0) is 54.4 Å². The zero-order valence-electron chi connectivity index (χ0n) is 13.1. The van der Waals surface area contributed by atoms with E-state index in [0.29, 0.717) is 0 Å². The van der Waals surface area contributed by atoms with Gasteiger partial charge in [-0.25, -0.2) is 0 Å². The average Bonchev–Trinajstić information content (AvgIpc) is 2.37. The lowest BCUT2D eigenvalue weighted by molar-refractivity contribution is 0.237. The first kappa shape index (κ1) is 17.1. The lowest BCUT2D eigenvalue weighted by Crippen LogP contribution is -2.80. The molecule has 0 aromatic heterocycles. The van der Waals surface area contributed by atoms with Crippen molar-refractivity contribution in [2.24, 2.45) is 0 Å². The second-order valence-electron chi connectivity index (χ2n) is 4.66. The maximum Gasteiger partial charge on any atom is 0.376 e. The van der Waals surface area contributed by atoms with Crippen LogP contribution in [0, 0.1) is 0 Å². The molecule has 0 rings (SSSR count). The summed E-state index contributed by atoms with van der Waals surface area (Å²) in [5.74, 6) is 0.